The Hall–Kier alpha value is -3.43. The largest absolute Gasteiger partial charge is 0.456 e. The number of benzene rings is 2. The van der Waals surface area contributed by atoms with E-state index in [-0.39, 0.29) is 12.2 Å². The van der Waals surface area contributed by atoms with Gasteiger partial charge in [-0.25, -0.2) is 14.8 Å². The first kappa shape index (κ1) is 19.5. The summed E-state index contributed by atoms with van der Waals surface area (Å²) in [5, 5.41) is 2.32. The van der Waals surface area contributed by atoms with Gasteiger partial charge in [0, 0.05) is 23.4 Å². The second-order valence-electron chi connectivity index (χ2n) is 6.61. The first-order valence-corrected chi connectivity index (χ1v) is 11.2. The summed E-state index contributed by atoms with van der Waals surface area (Å²) >= 11 is 2.76. The van der Waals surface area contributed by atoms with Gasteiger partial charge >= 0.3 is 5.97 Å². The maximum Gasteiger partial charge on any atom is 0.338 e. The summed E-state index contributed by atoms with van der Waals surface area (Å²) < 4.78 is 12.6. The Morgan fingerprint density at radius 3 is 2.87 bits per heavy atom. The van der Waals surface area contributed by atoms with Crippen molar-refractivity contribution in [1.29, 1.82) is 0 Å². The number of rotatable bonds is 6. The molecule has 0 unspecified atom stereocenters. The molecule has 0 spiro atoms. The number of oxazole rings is 1. The van der Waals surface area contributed by atoms with Gasteiger partial charge in [0.1, 0.15) is 12.1 Å². The van der Waals surface area contributed by atoms with Crippen LogP contribution in [0.25, 0.3) is 16.1 Å². The minimum absolute atomic E-state index is 0.0743. The standard InChI is InChI=1S/C22H15N3O4S2/c26-19-11-15(23-21-25(19)9-10-30-21)12-28-20(27)16-6-2-1-5-14(16)13-31-22-24-17-7-3-4-8-18(17)29-22/h1-11H,12-13H2. The number of esters is 1. The molecule has 0 aliphatic carbocycles. The summed E-state index contributed by atoms with van der Waals surface area (Å²) in [6, 6.07) is 16.2. The predicted molar refractivity (Wildman–Crippen MR) is 118 cm³/mol. The summed E-state index contributed by atoms with van der Waals surface area (Å²) in [5.41, 5.74) is 3.00. The zero-order valence-corrected chi connectivity index (χ0v) is 17.7. The second-order valence-corrected chi connectivity index (χ2v) is 8.41. The Morgan fingerprint density at radius 2 is 1.97 bits per heavy atom. The first-order chi connectivity index (χ1) is 15.2. The number of hydrogen-bond donors (Lipinski definition) is 0. The van der Waals surface area contributed by atoms with E-state index in [2.05, 4.69) is 9.97 Å². The van der Waals surface area contributed by atoms with Crippen molar-refractivity contribution in [1.82, 2.24) is 14.4 Å². The highest BCUT2D eigenvalue weighted by Crippen LogP contribution is 2.27. The monoisotopic (exact) mass is 449 g/mol. The molecule has 0 aliphatic rings. The number of carbonyl (C=O) groups is 1. The number of thioether (sulfide) groups is 1. The third-order valence-electron chi connectivity index (χ3n) is 4.57. The van der Waals surface area contributed by atoms with E-state index in [1.807, 2.05) is 36.4 Å². The molecule has 154 valence electrons. The summed E-state index contributed by atoms with van der Waals surface area (Å²) in [6.07, 6.45) is 1.66. The molecule has 2 aromatic carbocycles. The molecule has 3 aromatic heterocycles. The van der Waals surface area contributed by atoms with Gasteiger partial charge in [0.25, 0.3) is 10.8 Å². The molecule has 5 aromatic rings. The van der Waals surface area contributed by atoms with E-state index >= 15 is 0 Å². The molecule has 0 saturated carbocycles. The van der Waals surface area contributed by atoms with Gasteiger partial charge in [-0.15, -0.1) is 11.3 Å². The van der Waals surface area contributed by atoms with Gasteiger partial charge in [-0.05, 0) is 23.8 Å². The smallest absolute Gasteiger partial charge is 0.338 e. The Bertz CT molecular complexity index is 1420. The van der Waals surface area contributed by atoms with Crippen LogP contribution in [0.5, 0.6) is 0 Å². The van der Waals surface area contributed by atoms with Gasteiger partial charge in [0.05, 0.1) is 11.3 Å². The first-order valence-electron chi connectivity index (χ1n) is 9.36. The number of fused-ring (bicyclic) bond motifs is 2. The molecule has 7 nitrogen and oxygen atoms in total. The van der Waals surface area contributed by atoms with E-state index in [1.54, 1.807) is 23.7 Å². The molecule has 0 saturated heterocycles. The van der Waals surface area contributed by atoms with E-state index < -0.39 is 5.97 Å². The van der Waals surface area contributed by atoms with Gasteiger partial charge in [0.15, 0.2) is 10.5 Å². The van der Waals surface area contributed by atoms with E-state index in [4.69, 9.17) is 9.15 Å². The van der Waals surface area contributed by atoms with Crippen molar-refractivity contribution in [3.63, 3.8) is 0 Å². The van der Waals surface area contributed by atoms with Crippen LogP contribution in [0.1, 0.15) is 21.6 Å². The van der Waals surface area contributed by atoms with Crippen molar-refractivity contribution in [3.8, 4) is 0 Å². The number of hydrogen-bond acceptors (Lipinski definition) is 8. The van der Waals surface area contributed by atoms with Crippen molar-refractivity contribution in [2.24, 2.45) is 0 Å². The van der Waals surface area contributed by atoms with E-state index in [0.29, 0.717) is 27.2 Å². The second kappa shape index (κ2) is 8.37. The lowest BCUT2D eigenvalue weighted by Gasteiger charge is -2.09. The number of carbonyl (C=O) groups excluding carboxylic acids is 1. The predicted octanol–water partition coefficient (Wildman–Crippen LogP) is 4.55. The molecule has 0 aliphatic heterocycles. The third-order valence-corrected chi connectivity index (χ3v) is 6.20. The molecule has 0 N–H and O–H groups in total. The van der Waals surface area contributed by atoms with Crippen molar-refractivity contribution < 1.29 is 13.9 Å². The van der Waals surface area contributed by atoms with Gasteiger partial charge in [-0.3, -0.25) is 9.20 Å². The van der Waals surface area contributed by atoms with Gasteiger partial charge in [-0.1, -0.05) is 42.1 Å². The molecule has 0 bridgehead atoms. The van der Waals surface area contributed by atoms with Crippen molar-refractivity contribution in [3.05, 3.63) is 93.3 Å². The molecule has 9 heteroatoms. The minimum Gasteiger partial charge on any atom is -0.456 e. The lowest BCUT2D eigenvalue weighted by atomic mass is 10.1. The molecule has 0 fully saturated rings. The van der Waals surface area contributed by atoms with Crippen molar-refractivity contribution in [2.75, 3.05) is 0 Å². The number of thiazole rings is 1. The van der Waals surface area contributed by atoms with Crippen LogP contribution in [-0.4, -0.2) is 20.3 Å². The Labute approximate surface area is 184 Å². The number of nitrogens with zero attached hydrogens (tertiary/aromatic N) is 3. The Kier molecular flexibility index (Phi) is 5.27. The van der Waals surface area contributed by atoms with Crippen LogP contribution >= 0.6 is 23.1 Å². The van der Waals surface area contributed by atoms with E-state index in [0.717, 1.165) is 16.7 Å². The summed E-state index contributed by atoms with van der Waals surface area (Å²) in [5.74, 6) is 0.0284. The fraction of sp³-hybridized carbons (Fsp3) is 0.0909. The lowest BCUT2D eigenvalue weighted by Crippen LogP contribution is -2.15. The van der Waals surface area contributed by atoms with Crippen LogP contribution in [0, 0.1) is 0 Å². The summed E-state index contributed by atoms with van der Waals surface area (Å²) in [7, 11) is 0. The molecular formula is C22H15N3O4S2. The fourth-order valence-electron chi connectivity index (χ4n) is 3.08. The van der Waals surface area contributed by atoms with E-state index in [1.165, 1.54) is 33.6 Å². The van der Waals surface area contributed by atoms with Gasteiger partial charge < -0.3 is 9.15 Å². The maximum atomic E-state index is 12.7. The van der Waals surface area contributed by atoms with Crippen LogP contribution in [0.3, 0.4) is 0 Å². The van der Waals surface area contributed by atoms with Crippen LogP contribution in [0.2, 0.25) is 0 Å². The average Bonchev–Trinajstić information content (AvgIpc) is 3.43. The summed E-state index contributed by atoms with van der Waals surface area (Å²) in [6.45, 7) is -0.0743. The zero-order valence-electron chi connectivity index (χ0n) is 16.1. The molecule has 0 radical (unpaired) electrons. The lowest BCUT2D eigenvalue weighted by molar-refractivity contribution is 0.0467. The highest BCUT2D eigenvalue weighted by Gasteiger charge is 2.15. The molecule has 0 amide bonds. The van der Waals surface area contributed by atoms with Crippen LogP contribution in [-0.2, 0) is 17.1 Å². The molecule has 5 rings (SSSR count). The fourth-order valence-corrected chi connectivity index (χ4v) is 4.66. The van der Waals surface area contributed by atoms with E-state index in [9.17, 15) is 9.59 Å². The summed E-state index contributed by atoms with van der Waals surface area (Å²) in [4.78, 5) is 34.2. The number of ether oxygens (including phenoxy) is 1. The number of para-hydroxylation sites is 2. The highest BCUT2D eigenvalue weighted by molar-refractivity contribution is 7.98. The molecule has 3 heterocycles. The van der Waals surface area contributed by atoms with Gasteiger partial charge in [-0.2, -0.15) is 0 Å². The zero-order chi connectivity index (χ0) is 21.2. The molecule has 31 heavy (non-hydrogen) atoms. The molecule has 0 atom stereocenters. The topological polar surface area (TPSA) is 86.7 Å². The Balaban J connectivity index is 1.29. The number of aromatic nitrogens is 3. The maximum absolute atomic E-state index is 12.7. The quantitative estimate of drug-likeness (QED) is 0.278. The highest BCUT2D eigenvalue weighted by atomic mass is 32.2. The SMILES string of the molecule is O=C(OCc1cc(=O)n2ccsc2n1)c1ccccc1CSc1nc2ccccc2o1. The third kappa shape index (κ3) is 4.10. The normalized spacial score (nSPS) is 11.2. The van der Waals surface area contributed by atoms with Crippen molar-refractivity contribution >= 4 is 45.1 Å². The van der Waals surface area contributed by atoms with Crippen LogP contribution < -0.4 is 5.56 Å². The minimum atomic E-state index is -0.470. The average molecular weight is 450 g/mol. The van der Waals surface area contributed by atoms with Gasteiger partial charge in [0.2, 0.25) is 0 Å². The van der Waals surface area contributed by atoms with Crippen molar-refractivity contribution in [2.45, 2.75) is 17.6 Å². The molecular weight excluding hydrogens is 434 g/mol. The van der Waals surface area contributed by atoms with Crippen LogP contribution in [0.4, 0.5) is 0 Å². The Morgan fingerprint density at radius 1 is 1.13 bits per heavy atom. The van der Waals surface area contributed by atoms with Crippen LogP contribution in [0.15, 0.2) is 80.6 Å².